The first-order valence-electron chi connectivity index (χ1n) is 14.6. The molecule has 0 atom stereocenters. The fourth-order valence-electron chi connectivity index (χ4n) is 8.18. The molecular weight excluding hydrogens is 525 g/mol. The molecule has 3 aliphatic rings. The summed E-state index contributed by atoms with van der Waals surface area (Å²) in [5.74, 6) is 0. The first-order valence-corrected chi connectivity index (χ1v) is 15.4. The Morgan fingerprint density at radius 3 is 1.43 bits per heavy atom. The van der Waals surface area contributed by atoms with Crippen LogP contribution in [0.3, 0.4) is 0 Å². The molecule has 1 aliphatic heterocycles. The maximum Gasteiger partial charge on any atom is 0.0731 e. The second-order valence-electron chi connectivity index (χ2n) is 11.6. The first kappa shape index (κ1) is 22.8. The van der Waals surface area contributed by atoms with E-state index in [1.807, 2.05) is 11.8 Å². The lowest BCUT2D eigenvalue weighted by Crippen LogP contribution is -2.26. The predicted molar refractivity (Wildman–Crippen MR) is 175 cm³/mol. The molecule has 0 aromatic heterocycles. The summed E-state index contributed by atoms with van der Waals surface area (Å²) in [5, 5.41) is 2.68. The molecule has 0 nitrogen and oxygen atoms in total. The van der Waals surface area contributed by atoms with Gasteiger partial charge in [0.15, 0.2) is 0 Å². The highest BCUT2D eigenvalue weighted by molar-refractivity contribution is 8.00. The van der Waals surface area contributed by atoms with Crippen molar-refractivity contribution >= 4 is 22.5 Å². The van der Waals surface area contributed by atoms with Gasteiger partial charge in [-0.25, -0.2) is 0 Å². The predicted octanol–water partition coefficient (Wildman–Crippen LogP) is 11.0. The maximum absolute atomic E-state index is 2.37. The van der Waals surface area contributed by atoms with E-state index in [1.54, 1.807) is 0 Å². The van der Waals surface area contributed by atoms with Crippen molar-refractivity contribution in [2.75, 3.05) is 0 Å². The summed E-state index contributed by atoms with van der Waals surface area (Å²) in [7, 11) is 0. The van der Waals surface area contributed by atoms with Crippen LogP contribution in [0.5, 0.6) is 0 Å². The van der Waals surface area contributed by atoms with Crippen molar-refractivity contribution in [2.24, 2.45) is 0 Å². The first-order chi connectivity index (χ1) is 20.9. The molecule has 7 aromatic rings. The summed E-state index contributed by atoms with van der Waals surface area (Å²) < 4.78 is 0. The van der Waals surface area contributed by atoms with E-state index in [4.69, 9.17) is 0 Å². The number of hydrogen-bond donors (Lipinski definition) is 0. The van der Waals surface area contributed by atoms with E-state index in [0.717, 1.165) is 0 Å². The summed E-state index contributed by atoms with van der Waals surface area (Å²) >= 11 is 1.93. The van der Waals surface area contributed by atoms with Crippen LogP contribution >= 0.6 is 11.8 Å². The molecule has 2 aliphatic carbocycles. The molecule has 0 bridgehead atoms. The molecule has 0 saturated heterocycles. The topological polar surface area (TPSA) is 0 Å². The van der Waals surface area contributed by atoms with Crippen molar-refractivity contribution in [3.05, 3.63) is 168 Å². The second-order valence-corrected chi connectivity index (χ2v) is 12.6. The van der Waals surface area contributed by atoms with Crippen molar-refractivity contribution in [1.29, 1.82) is 0 Å². The van der Waals surface area contributed by atoms with E-state index in [9.17, 15) is 0 Å². The summed E-state index contributed by atoms with van der Waals surface area (Å²) in [5.41, 5.74) is 15.9. The lowest BCUT2D eigenvalue weighted by Gasteiger charge is -2.33. The molecule has 0 saturated carbocycles. The number of hydrogen-bond acceptors (Lipinski definition) is 1. The quantitative estimate of drug-likeness (QED) is 0.197. The van der Waals surface area contributed by atoms with Gasteiger partial charge in [-0.15, -0.1) is 0 Å². The Kier molecular flexibility index (Phi) is 4.41. The van der Waals surface area contributed by atoms with E-state index < -0.39 is 0 Å². The number of fused-ring (bicyclic) bond motifs is 12. The van der Waals surface area contributed by atoms with Crippen molar-refractivity contribution in [3.8, 4) is 44.5 Å². The van der Waals surface area contributed by atoms with Crippen LogP contribution in [-0.4, -0.2) is 0 Å². The van der Waals surface area contributed by atoms with E-state index in [1.165, 1.54) is 87.3 Å². The second kappa shape index (κ2) is 8.12. The minimum atomic E-state index is -0.365. The summed E-state index contributed by atoms with van der Waals surface area (Å²) in [4.78, 5) is 2.69. The zero-order valence-corrected chi connectivity index (χ0v) is 23.6. The smallest absolute Gasteiger partial charge is 0.0731 e. The number of benzene rings is 7. The van der Waals surface area contributed by atoms with Gasteiger partial charge < -0.3 is 0 Å². The summed E-state index contributed by atoms with van der Waals surface area (Å²) in [6.45, 7) is 0. The number of rotatable bonds is 1. The van der Waals surface area contributed by atoms with Gasteiger partial charge in [-0.3, -0.25) is 0 Å². The van der Waals surface area contributed by atoms with Crippen molar-refractivity contribution < 1.29 is 0 Å². The SMILES string of the molecule is c1ccc2c(c1)-c1ccccc1C21c2ccccc2-c2cccc(-c3cccc4c3Sc3cccc5cccc-4c35)c21. The molecule has 1 heteroatoms. The third-order valence-electron chi connectivity index (χ3n) is 9.69. The van der Waals surface area contributed by atoms with Crippen molar-refractivity contribution in [3.63, 3.8) is 0 Å². The van der Waals surface area contributed by atoms with Crippen LogP contribution in [0, 0.1) is 0 Å². The Balaban J connectivity index is 1.34. The van der Waals surface area contributed by atoms with Crippen LogP contribution < -0.4 is 0 Å². The third kappa shape index (κ3) is 2.66. The van der Waals surface area contributed by atoms with Crippen molar-refractivity contribution in [2.45, 2.75) is 15.2 Å². The zero-order valence-electron chi connectivity index (χ0n) is 22.8. The molecule has 42 heavy (non-hydrogen) atoms. The largest absolute Gasteiger partial charge is 0.0881 e. The lowest BCUT2D eigenvalue weighted by atomic mass is 9.68. The average molecular weight is 549 g/mol. The molecule has 1 spiro atoms. The van der Waals surface area contributed by atoms with Gasteiger partial charge >= 0.3 is 0 Å². The normalized spacial score (nSPS) is 14.3. The summed E-state index contributed by atoms with van der Waals surface area (Å²) in [6, 6.07) is 54.6. The van der Waals surface area contributed by atoms with E-state index in [0.29, 0.717) is 0 Å². The van der Waals surface area contributed by atoms with Crippen LogP contribution in [0.4, 0.5) is 0 Å². The standard InChI is InChI=1S/C41H24S/c1-4-21-34-26(13-1)27-14-2-5-22-35(27)41(34)36-23-6-3-15-28(36)30-17-9-18-31(39(30)41)33-20-10-19-32-29-16-7-11-25-12-8-24-37(38(25)29)42-40(32)33/h1-24H. The van der Waals surface area contributed by atoms with Gasteiger partial charge in [0.25, 0.3) is 0 Å². The fraction of sp³-hybridized carbons (Fsp3) is 0.0244. The highest BCUT2D eigenvalue weighted by Crippen LogP contribution is 2.65. The van der Waals surface area contributed by atoms with Gasteiger partial charge in [0.2, 0.25) is 0 Å². The van der Waals surface area contributed by atoms with E-state index in [2.05, 4.69) is 146 Å². The zero-order chi connectivity index (χ0) is 27.4. The Morgan fingerprint density at radius 1 is 0.357 bits per heavy atom. The Morgan fingerprint density at radius 2 is 0.786 bits per heavy atom. The third-order valence-corrected chi connectivity index (χ3v) is 10.9. The Bertz CT molecular complexity index is 2220. The molecule has 1 heterocycles. The van der Waals surface area contributed by atoms with Gasteiger partial charge in [-0.05, 0) is 78.2 Å². The average Bonchev–Trinajstić information content (AvgIpc) is 3.52. The molecular formula is C41H24S. The van der Waals surface area contributed by atoms with Crippen LogP contribution in [0.25, 0.3) is 55.3 Å². The highest BCUT2D eigenvalue weighted by Gasteiger charge is 2.52. The molecule has 10 rings (SSSR count). The molecule has 0 N–H and O–H groups in total. The monoisotopic (exact) mass is 548 g/mol. The van der Waals surface area contributed by atoms with Crippen molar-refractivity contribution in [1.82, 2.24) is 0 Å². The van der Waals surface area contributed by atoms with E-state index in [-0.39, 0.29) is 5.41 Å². The molecule has 194 valence electrons. The van der Waals surface area contributed by atoms with Crippen LogP contribution in [0.1, 0.15) is 22.3 Å². The van der Waals surface area contributed by atoms with Gasteiger partial charge in [0.05, 0.1) is 5.41 Å². The van der Waals surface area contributed by atoms with Gasteiger partial charge in [0.1, 0.15) is 0 Å². The molecule has 0 fully saturated rings. The van der Waals surface area contributed by atoms with Gasteiger partial charge in [-0.1, -0.05) is 151 Å². The minimum absolute atomic E-state index is 0.365. The Hall–Kier alpha value is -4.85. The Labute approximate surface area is 249 Å². The highest BCUT2D eigenvalue weighted by atomic mass is 32.2. The lowest BCUT2D eigenvalue weighted by molar-refractivity contribution is 0.795. The molecule has 0 unspecified atom stereocenters. The maximum atomic E-state index is 2.37. The van der Waals surface area contributed by atoms with Crippen LogP contribution in [-0.2, 0) is 5.41 Å². The molecule has 0 radical (unpaired) electrons. The van der Waals surface area contributed by atoms with Crippen LogP contribution in [0.15, 0.2) is 155 Å². The molecule has 7 aromatic carbocycles. The van der Waals surface area contributed by atoms with E-state index >= 15 is 0 Å². The van der Waals surface area contributed by atoms with Gasteiger partial charge in [0, 0.05) is 15.2 Å². The van der Waals surface area contributed by atoms with Crippen LogP contribution in [0.2, 0.25) is 0 Å². The fourth-order valence-corrected chi connectivity index (χ4v) is 9.45. The minimum Gasteiger partial charge on any atom is -0.0881 e. The molecule has 0 amide bonds. The van der Waals surface area contributed by atoms with Gasteiger partial charge in [-0.2, -0.15) is 0 Å². The summed E-state index contributed by atoms with van der Waals surface area (Å²) in [6.07, 6.45) is 0.